The number of hydrogen-bond donors (Lipinski definition) is 2. The number of hydrazine groups is 1. The molecule has 2 aromatic rings. The van der Waals surface area contributed by atoms with Gasteiger partial charge >= 0.3 is 0 Å². The third-order valence-electron chi connectivity index (χ3n) is 2.89. The fourth-order valence-electron chi connectivity index (χ4n) is 1.70. The van der Waals surface area contributed by atoms with Crippen LogP contribution in [0.3, 0.4) is 0 Å². The van der Waals surface area contributed by atoms with Gasteiger partial charge in [0.15, 0.2) is 0 Å². The second-order valence-electron chi connectivity index (χ2n) is 4.23. The summed E-state index contributed by atoms with van der Waals surface area (Å²) in [6.45, 7) is 2.08. The summed E-state index contributed by atoms with van der Waals surface area (Å²) < 4.78 is 1.74. The highest BCUT2D eigenvalue weighted by atomic mass is 79.9. The number of halogens is 2. The Labute approximate surface area is 135 Å². The van der Waals surface area contributed by atoms with E-state index < -0.39 is 0 Å². The van der Waals surface area contributed by atoms with Crippen molar-refractivity contribution in [2.24, 2.45) is 0 Å². The highest BCUT2D eigenvalue weighted by Gasteiger charge is 2.08. The van der Waals surface area contributed by atoms with E-state index in [1.165, 1.54) is 5.56 Å². The van der Waals surface area contributed by atoms with Crippen molar-refractivity contribution < 1.29 is 4.79 Å². The molecule has 0 radical (unpaired) electrons. The first-order valence-corrected chi connectivity index (χ1v) is 7.79. The second-order valence-corrected chi connectivity index (χ2v) is 5.93. The summed E-state index contributed by atoms with van der Waals surface area (Å²) in [6.07, 6.45) is 0.962. The highest BCUT2D eigenvalue weighted by Crippen LogP contribution is 2.29. The number of carbonyl (C=O) groups excluding carboxylic acids is 1. The van der Waals surface area contributed by atoms with Gasteiger partial charge in [0.05, 0.1) is 5.69 Å². The lowest BCUT2D eigenvalue weighted by atomic mass is 10.1. The van der Waals surface area contributed by atoms with E-state index in [-0.39, 0.29) is 5.91 Å². The number of rotatable bonds is 4. The van der Waals surface area contributed by atoms with Crippen LogP contribution < -0.4 is 10.9 Å². The van der Waals surface area contributed by atoms with Crippen molar-refractivity contribution >= 4 is 43.5 Å². The monoisotopic (exact) mass is 396 g/mol. The molecule has 1 amide bonds. The lowest BCUT2D eigenvalue weighted by molar-refractivity contribution is 0.0962. The maximum Gasteiger partial charge on any atom is 0.269 e. The number of para-hydroxylation sites is 1. The quantitative estimate of drug-likeness (QED) is 0.744. The molecule has 20 heavy (non-hydrogen) atoms. The zero-order valence-electron chi connectivity index (χ0n) is 10.9. The van der Waals surface area contributed by atoms with Crippen molar-refractivity contribution in [2.75, 3.05) is 5.43 Å². The third-order valence-corrected chi connectivity index (χ3v) is 4.21. The molecule has 0 spiro atoms. The highest BCUT2D eigenvalue weighted by molar-refractivity contribution is 9.11. The Morgan fingerprint density at radius 1 is 1.05 bits per heavy atom. The summed E-state index contributed by atoms with van der Waals surface area (Å²) in [4.78, 5) is 12.0. The van der Waals surface area contributed by atoms with Crippen molar-refractivity contribution in [1.29, 1.82) is 0 Å². The minimum Gasteiger partial charge on any atom is -0.296 e. The molecule has 0 bridgehead atoms. The Bertz CT molecular complexity index is 592. The molecule has 0 fully saturated rings. The van der Waals surface area contributed by atoms with Crippen molar-refractivity contribution in [3.8, 4) is 0 Å². The molecule has 2 N–H and O–H groups in total. The van der Waals surface area contributed by atoms with Crippen LogP contribution >= 0.6 is 31.9 Å². The van der Waals surface area contributed by atoms with Crippen LogP contribution in [0.2, 0.25) is 0 Å². The largest absolute Gasteiger partial charge is 0.296 e. The Hall–Kier alpha value is -1.33. The van der Waals surface area contributed by atoms with E-state index in [9.17, 15) is 4.79 Å². The summed E-state index contributed by atoms with van der Waals surface area (Å²) in [7, 11) is 0. The number of aryl methyl sites for hydroxylation is 1. The first-order chi connectivity index (χ1) is 9.61. The van der Waals surface area contributed by atoms with Crippen LogP contribution in [-0.2, 0) is 6.42 Å². The molecule has 2 aromatic carbocycles. The summed E-state index contributed by atoms with van der Waals surface area (Å²) in [5.74, 6) is -0.171. The van der Waals surface area contributed by atoms with Crippen LogP contribution in [0.25, 0.3) is 0 Å². The Morgan fingerprint density at radius 3 is 2.20 bits per heavy atom. The summed E-state index contributed by atoms with van der Waals surface area (Å²) in [6, 6.07) is 13.3. The van der Waals surface area contributed by atoms with Gasteiger partial charge < -0.3 is 0 Å². The van der Waals surface area contributed by atoms with Crippen molar-refractivity contribution in [3.05, 3.63) is 62.5 Å². The van der Waals surface area contributed by atoms with Crippen LogP contribution in [-0.4, -0.2) is 5.91 Å². The number of carbonyl (C=O) groups is 1. The van der Waals surface area contributed by atoms with Crippen LogP contribution in [0.1, 0.15) is 22.8 Å². The fourth-order valence-corrected chi connectivity index (χ4v) is 2.90. The Morgan fingerprint density at radius 2 is 1.65 bits per heavy atom. The van der Waals surface area contributed by atoms with Crippen molar-refractivity contribution in [3.63, 3.8) is 0 Å². The molecular weight excluding hydrogens is 384 g/mol. The van der Waals surface area contributed by atoms with Gasteiger partial charge in [-0.2, -0.15) is 0 Å². The molecule has 0 aliphatic heterocycles. The number of hydrogen-bond acceptors (Lipinski definition) is 2. The zero-order chi connectivity index (χ0) is 14.5. The van der Waals surface area contributed by atoms with E-state index in [1.54, 1.807) is 0 Å². The van der Waals surface area contributed by atoms with E-state index in [0.29, 0.717) is 5.56 Å². The van der Waals surface area contributed by atoms with E-state index in [1.807, 2.05) is 42.5 Å². The molecule has 0 unspecified atom stereocenters. The molecule has 0 saturated heterocycles. The third kappa shape index (κ3) is 3.61. The van der Waals surface area contributed by atoms with Gasteiger partial charge in [-0.05, 0) is 68.1 Å². The smallest absolute Gasteiger partial charge is 0.269 e. The summed E-state index contributed by atoms with van der Waals surface area (Å²) >= 11 is 6.86. The van der Waals surface area contributed by atoms with Gasteiger partial charge in [0.25, 0.3) is 5.91 Å². The topological polar surface area (TPSA) is 41.1 Å². The lowest BCUT2D eigenvalue weighted by Crippen LogP contribution is -2.29. The molecular formula is C15H14Br2N2O. The van der Waals surface area contributed by atoms with Gasteiger partial charge in [-0.1, -0.05) is 25.1 Å². The second kappa shape index (κ2) is 6.90. The fraction of sp³-hybridized carbons (Fsp3) is 0.133. The van der Waals surface area contributed by atoms with E-state index in [0.717, 1.165) is 21.1 Å². The predicted molar refractivity (Wildman–Crippen MR) is 88.8 cm³/mol. The van der Waals surface area contributed by atoms with Gasteiger partial charge in [-0.25, -0.2) is 0 Å². The van der Waals surface area contributed by atoms with Gasteiger partial charge in [-0.3, -0.25) is 15.6 Å². The first-order valence-electron chi connectivity index (χ1n) is 6.21. The molecule has 0 heterocycles. The number of nitrogens with one attached hydrogen (secondary N) is 2. The summed E-state index contributed by atoms with van der Waals surface area (Å²) in [5.41, 5.74) is 8.22. The number of benzene rings is 2. The van der Waals surface area contributed by atoms with Crippen LogP contribution in [0.15, 0.2) is 51.4 Å². The molecule has 0 aliphatic rings. The maximum absolute atomic E-state index is 12.0. The molecule has 0 aromatic heterocycles. The van der Waals surface area contributed by atoms with Crippen LogP contribution in [0.5, 0.6) is 0 Å². The number of anilines is 1. The predicted octanol–water partition coefficient (Wildman–Crippen LogP) is 4.53. The minimum absolute atomic E-state index is 0.171. The molecule has 0 saturated carbocycles. The Balaban J connectivity index is 2.04. The van der Waals surface area contributed by atoms with Crippen molar-refractivity contribution in [2.45, 2.75) is 13.3 Å². The first kappa shape index (κ1) is 15.1. The lowest BCUT2D eigenvalue weighted by Gasteiger charge is -2.12. The Kier molecular flexibility index (Phi) is 5.20. The van der Waals surface area contributed by atoms with E-state index >= 15 is 0 Å². The minimum atomic E-state index is -0.171. The van der Waals surface area contributed by atoms with Gasteiger partial charge in [-0.15, -0.1) is 0 Å². The average Bonchev–Trinajstić information content (AvgIpc) is 2.46. The molecule has 0 aliphatic carbocycles. The van der Waals surface area contributed by atoms with Gasteiger partial charge in [0, 0.05) is 14.5 Å². The van der Waals surface area contributed by atoms with E-state index in [2.05, 4.69) is 49.6 Å². The van der Waals surface area contributed by atoms with Crippen LogP contribution in [0.4, 0.5) is 5.69 Å². The maximum atomic E-state index is 12.0. The zero-order valence-corrected chi connectivity index (χ0v) is 14.1. The van der Waals surface area contributed by atoms with Gasteiger partial charge in [0.2, 0.25) is 0 Å². The van der Waals surface area contributed by atoms with Crippen LogP contribution in [0, 0.1) is 0 Å². The van der Waals surface area contributed by atoms with Gasteiger partial charge in [0.1, 0.15) is 0 Å². The summed E-state index contributed by atoms with van der Waals surface area (Å²) in [5, 5.41) is 0. The normalized spacial score (nSPS) is 10.2. The molecule has 104 valence electrons. The standard InChI is InChI=1S/C15H14Br2N2O/c1-2-10-6-8-11(9-7-10)15(20)19-18-14-12(16)4-3-5-13(14)17/h3-9,18H,2H2,1H3,(H,19,20). The number of amides is 1. The molecule has 3 nitrogen and oxygen atoms in total. The SMILES string of the molecule is CCc1ccc(C(=O)NNc2c(Br)cccc2Br)cc1. The molecule has 2 rings (SSSR count). The average molecular weight is 398 g/mol. The van der Waals surface area contributed by atoms with E-state index in [4.69, 9.17) is 0 Å². The van der Waals surface area contributed by atoms with Crippen molar-refractivity contribution in [1.82, 2.24) is 5.43 Å². The molecule has 5 heteroatoms. The molecule has 0 atom stereocenters.